The Kier molecular flexibility index (Phi) is 6.70. The van der Waals surface area contributed by atoms with Gasteiger partial charge < -0.3 is 14.9 Å². The van der Waals surface area contributed by atoms with Gasteiger partial charge in [-0.1, -0.05) is 13.3 Å². The number of rotatable bonds is 7. The minimum Gasteiger partial charge on any atom is -0.479 e. The van der Waals surface area contributed by atoms with Gasteiger partial charge in [-0.05, 0) is 19.3 Å². The van der Waals surface area contributed by atoms with Crippen LogP contribution >= 0.6 is 0 Å². The van der Waals surface area contributed by atoms with Crippen LogP contribution < -0.4 is 0 Å². The monoisotopic (exact) mass is 218 g/mol. The quantitative estimate of drug-likeness (QED) is 0.621. The minimum absolute atomic E-state index is 0.104. The van der Waals surface area contributed by atoms with E-state index in [0.717, 1.165) is 6.42 Å². The zero-order valence-corrected chi connectivity index (χ0v) is 9.10. The lowest BCUT2D eigenvalue weighted by molar-refractivity contribution is -0.149. The maximum Gasteiger partial charge on any atom is 0.332 e. The van der Waals surface area contributed by atoms with Gasteiger partial charge in [-0.3, -0.25) is 4.79 Å². The molecule has 0 aromatic rings. The molecular weight excluding hydrogens is 200 g/mol. The lowest BCUT2D eigenvalue weighted by atomic mass is 10.1. The topological polar surface area (TPSA) is 83.8 Å². The molecular formula is C10H18O5. The molecule has 0 aliphatic heterocycles. The first-order valence-electron chi connectivity index (χ1n) is 5.05. The summed E-state index contributed by atoms with van der Waals surface area (Å²) in [6, 6.07) is 0. The largest absolute Gasteiger partial charge is 0.479 e. The number of hydrogen-bond donors (Lipinski definition) is 2. The molecule has 88 valence electrons. The number of aliphatic hydroxyl groups excluding tert-OH is 1. The van der Waals surface area contributed by atoms with Crippen molar-refractivity contribution in [3.8, 4) is 0 Å². The van der Waals surface area contributed by atoms with Gasteiger partial charge in [-0.2, -0.15) is 0 Å². The van der Waals surface area contributed by atoms with Crippen molar-refractivity contribution in [3.05, 3.63) is 0 Å². The van der Waals surface area contributed by atoms with E-state index in [2.05, 4.69) is 0 Å². The molecule has 0 saturated carbocycles. The number of carboxylic acids is 1. The number of esters is 1. The standard InChI is InChI=1S/C10H18O5/c1-3-4-8(15-7(2)11)5-6-9(12)10(13)14/h8-9,12H,3-6H2,1-2H3,(H,13,14)/t8-,9?/m0/s1. The van der Waals surface area contributed by atoms with E-state index in [1.165, 1.54) is 6.92 Å². The normalized spacial score (nSPS) is 14.3. The smallest absolute Gasteiger partial charge is 0.332 e. The SMILES string of the molecule is CCC[C@@H](CCC(O)C(=O)O)OC(C)=O. The van der Waals surface area contributed by atoms with Crippen LogP contribution in [0.25, 0.3) is 0 Å². The van der Waals surface area contributed by atoms with Gasteiger partial charge in [0.25, 0.3) is 0 Å². The van der Waals surface area contributed by atoms with E-state index in [4.69, 9.17) is 14.9 Å². The second kappa shape index (κ2) is 7.23. The number of carboxylic acid groups (broad SMARTS) is 1. The summed E-state index contributed by atoms with van der Waals surface area (Å²) in [5.74, 6) is -1.62. The van der Waals surface area contributed by atoms with Crippen LogP contribution in [-0.4, -0.2) is 34.4 Å². The molecule has 0 aromatic carbocycles. The van der Waals surface area contributed by atoms with Gasteiger partial charge in [0.1, 0.15) is 6.10 Å². The Morgan fingerprint density at radius 2 is 1.87 bits per heavy atom. The van der Waals surface area contributed by atoms with Crippen LogP contribution in [0.3, 0.4) is 0 Å². The first-order valence-corrected chi connectivity index (χ1v) is 5.05. The lowest BCUT2D eigenvalue weighted by Crippen LogP contribution is -2.23. The van der Waals surface area contributed by atoms with Gasteiger partial charge in [0.2, 0.25) is 0 Å². The average Bonchev–Trinajstić information content (AvgIpc) is 2.13. The Hall–Kier alpha value is -1.10. The molecule has 1 unspecified atom stereocenters. The van der Waals surface area contributed by atoms with Gasteiger partial charge in [-0.15, -0.1) is 0 Å². The van der Waals surface area contributed by atoms with Crippen molar-refractivity contribution < 1.29 is 24.5 Å². The zero-order valence-electron chi connectivity index (χ0n) is 9.10. The van der Waals surface area contributed by atoms with E-state index in [-0.39, 0.29) is 18.5 Å². The summed E-state index contributed by atoms with van der Waals surface area (Å²) in [4.78, 5) is 21.0. The van der Waals surface area contributed by atoms with Crippen molar-refractivity contribution in [1.29, 1.82) is 0 Å². The van der Waals surface area contributed by atoms with Crippen molar-refractivity contribution in [2.45, 2.75) is 51.7 Å². The molecule has 0 fully saturated rings. The lowest BCUT2D eigenvalue weighted by Gasteiger charge is -2.16. The Morgan fingerprint density at radius 1 is 1.27 bits per heavy atom. The summed E-state index contributed by atoms with van der Waals surface area (Å²) in [5.41, 5.74) is 0. The van der Waals surface area contributed by atoms with E-state index in [1.54, 1.807) is 0 Å². The molecule has 0 saturated heterocycles. The highest BCUT2D eigenvalue weighted by Gasteiger charge is 2.17. The third-order valence-corrected chi connectivity index (χ3v) is 1.99. The second-order valence-electron chi connectivity index (χ2n) is 3.45. The van der Waals surface area contributed by atoms with Gasteiger partial charge in [0, 0.05) is 6.92 Å². The number of carbonyl (C=O) groups is 2. The predicted molar refractivity (Wildman–Crippen MR) is 53.3 cm³/mol. The van der Waals surface area contributed by atoms with E-state index >= 15 is 0 Å². The summed E-state index contributed by atoms with van der Waals surface area (Å²) >= 11 is 0. The molecule has 5 nitrogen and oxygen atoms in total. The zero-order chi connectivity index (χ0) is 11.8. The highest BCUT2D eigenvalue weighted by atomic mass is 16.5. The first kappa shape index (κ1) is 13.9. The van der Waals surface area contributed by atoms with Crippen molar-refractivity contribution >= 4 is 11.9 Å². The van der Waals surface area contributed by atoms with Gasteiger partial charge >= 0.3 is 11.9 Å². The number of aliphatic carboxylic acids is 1. The molecule has 0 spiro atoms. The number of aliphatic hydroxyl groups is 1. The highest BCUT2D eigenvalue weighted by Crippen LogP contribution is 2.11. The van der Waals surface area contributed by atoms with Gasteiger partial charge in [-0.25, -0.2) is 4.79 Å². The van der Waals surface area contributed by atoms with Crippen LogP contribution in [0, 0.1) is 0 Å². The molecule has 15 heavy (non-hydrogen) atoms. The van der Waals surface area contributed by atoms with E-state index in [0.29, 0.717) is 12.8 Å². The van der Waals surface area contributed by atoms with E-state index < -0.39 is 12.1 Å². The molecule has 0 radical (unpaired) electrons. The Bertz CT molecular complexity index is 214. The molecule has 0 rings (SSSR count). The Labute approximate surface area is 89.0 Å². The summed E-state index contributed by atoms with van der Waals surface area (Å²) in [6.45, 7) is 3.26. The molecule has 0 aliphatic carbocycles. The molecule has 0 amide bonds. The maximum atomic E-state index is 10.7. The Balaban J connectivity index is 3.94. The molecule has 2 atom stereocenters. The molecule has 0 aromatic heterocycles. The fourth-order valence-electron chi connectivity index (χ4n) is 1.29. The average molecular weight is 218 g/mol. The van der Waals surface area contributed by atoms with Crippen LogP contribution in [-0.2, 0) is 14.3 Å². The summed E-state index contributed by atoms with van der Waals surface area (Å²) in [5, 5.41) is 17.5. The van der Waals surface area contributed by atoms with Crippen LogP contribution in [0.4, 0.5) is 0 Å². The van der Waals surface area contributed by atoms with Crippen molar-refractivity contribution in [1.82, 2.24) is 0 Å². The number of ether oxygens (including phenoxy) is 1. The van der Waals surface area contributed by atoms with Crippen molar-refractivity contribution in [2.75, 3.05) is 0 Å². The first-order chi connectivity index (χ1) is 6.97. The maximum absolute atomic E-state index is 10.7. The second-order valence-corrected chi connectivity index (χ2v) is 3.45. The van der Waals surface area contributed by atoms with Crippen molar-refractivity contribution in [3.63, 3.8) is 0 Å². The summed E-state index contributed by atoms with van der Waals surface area (Å²) in [6.07, 6.45) is 0.350. The molecule has 0 aliphatic rings. The van der Waals surface area contributed by atoms with Crippen molar-refractivity contribution in [2.24, 2.45) is 0 Å². The van der Waals surface area contributed by atoms with E-state index in [1.807, 2.05) is 6.92 Å². The fraction of sp³-hybridized carbons (Fsp3) is 0.800. The third kappa shape index (κ3) is 6.90. The highest BCUT2D eigenvalue weighted by molar-refractivity contribution is 5.71. The molecule has 0 heterocycles. The number of hydrogen-bond acceptors (Lipinski definition) is 4. The van der Waals surface area contributed by atoms with Crippen LogP contribution in [0.15, 0.2) is 0 Å². The van der Waals surface area contributed by atoms with Crippen LogP contribution in [0.1, 0.15) is 39.5 Å². The van der Waals surface area contributed by atoms with E-state index in [9.17, 15) is 9.59 Å². The summed E-state index contributed by atoms with van der Waals surface area (Å²) < 4.78 is 4.98. The molecule has 0 bridgehead atoms. The van der Waals surface area contributed by atoms with Crippen LogP contribution in [0.2, 0.25) is 0 Å². The molecule has 5 heteroatoms. The van der Waals surface area contributed by atoms with Gasteiger partial charge in [0.15, 0.2) is 6.10 Å². The summed E-state index contributed by atoms with van der Waals surface area (Å²) in [7, 11) is 0. The fourth-order valence-corrected chi connectivity index (χ4v) is 1.29. The van der Waals surface area contributed by atoms with Gasteiger partial charge in [0.05, 0.1) is 0 Å². The minimum atomic E-state index is -1.38. The Morgan fingerprint density at radius 3 is 2.27 bits per heavy atom. The predicted octanol–water partition coefficient (Wildman–Crippen LogP) is 0.944. The van der Waals surface area contributed by atoms with Crippen LogP contribution in [0.5, 0.6) is 0 Å². The third-order valence-electron chi connectivity index (χ3n) is 1.99. The number of carbonyl (C=O) groups excluding carboxylic acids is 1. The molecule has 2 N–H and O–H groups in total.